The number of nitrogens with one attached hydrogen (secondary N) is 2. The lowest BCUT2D eigenvalue weighted by Crippen LogP contribution is -2.41. The van der Waals surface area contributed by atoms with Crippen LogP contribution in [0, 0.1) is 6.92 Å². The first kappa shape index (κ1) is 29.0. The van der Waals surface area contributed by atoms with E-state index in [0.717, 1.165) is 41.7 Å². The summed E-state index contributed by atoms with van der Waals surface area (Å²) in [6.45, 7) is 7.21. The molecular formula is C25H39IN4O3. The van der Waals surface area contributed by atoms with Gasteiger partial charge in [0.25, 0.3) is 0 Å². The number of guanidine groups is 1. The van der Waals surface area contributed by atoms with E-state index in [4.69, 9.17) is 19.2 Å². The molecule has 0 aliphatic carbocycles. The highest BCUT2D eigenvalue weighted by atomic mass is 127. The van der Waals surface area contributed by atoms with Crippen molar-refractivity contribution in [3.63, 3.8) is 0 Å². The summed E-state index contributed by atoms with van der Waals surface area (Å²) in [7, 11) is 7.51. The SMILES string of the molecule is CCNC(=NCc1ccc(C)cc1OCCOC)NCC(c1ccc(OC)cc1)N(C)C.I. The Kier molecular flexibility index (Phi) is 13.8. The summed E-state index contributed by atoms with van der Waals surface area (Å²) in [6, 6.07) is 14.6. The quantitative estimate of drug-likeness (QED) is 0.174. The third kappa shape index (κ3) is 9.77. The van der Waals surface area contributed by atoms with Crippen LogP contribution in [0.4, 0.5) is 0 Å². The van der Waals surface area contributed by atoms with Crippen molar-refractivity contribution < 1.29 is 14.2 Å². The number of rotatable bonds is 12. The van der Waals surface area contributed by atoms with Gasteiger partial charge in [-0.05, 0) is 57.3 Å². The summed E-state index contributed by atoms with van der Waals surface area (Å²) >= 11 is 0. The molecule has 2 rings (SSSR count). The Bertz CT molecular complexity index is 844. The van der Waals surface area contributed by atoms with Gasteiger partial charge in [-0.3, -0.25) is 0 Å². The number of halogens is 1. The maximum Gasteiger partial charge on any atom is 0.191 e. The molecule has 0 aliphatic rings. The average molecular weight is 571 g/mol. The maximum atomic E-state index is 5.91. The number of likely N-dealkylation sites (N-methyl/N-ethyl adjacent to an activating group) is 1. The number of aryl methyl sites for hydroxylation is 1. The molecule has 0 aliphatic heterocycles. The smallest absolute Gasteiger partial charge is 0.191 e. The van der Waals surface area contributed by atoms with Crippen LogP contribution in [0.15, 0.2) is 47.5 Å². The number of methoxy groups -OCH3 is 2. The summed E-state index contributed by atoms with van der Waals surface area (Å²) in [5.74, 6) is 2.48. The van der Waals surface area contributed by atoms with Crippen molar-refractivity contribution in [3.8, 4) is 11.5 Å². The molecule has 184 valence electrons. The summed E-state index contributed by atoms with van der Waals surface area (Å²) in [5, 5.41) is 6.83. The van der Waals surface area contributed by atoms with Crippen LogP contribution in [0.3, 0.4) is 0 Å². The standard InChI is InChI=1S/C25H38N4O3.HI/c1-7-26-25(27-17-21-9-8-19(2)16-24(21)32-15-14-30-5)28-18-23(29(3)4)20-10-12-22(31-6)13-11-20;/h8-13,16,23H,7,14-15,17-18H2,1-6H3,(H2,26,27,28);1H. The molecule has 0 saturated heterocycles. The van der Waals surface area contributed by atoms with Crippen molar-refractivity contribution >= 4 is 29.9 Å². The molecule has 0 aromatic heterocycles. The number of ether oxygens (including phenoxy) is 3. The number of aliphatic imine (C=N–C) groups is 1. The van der Waals surface area contributed by atoms with Crippen LogP contribution >= 0.6 is 24.0 Å². The third-order valence-electron chi connectivity index (χ3n) is 5.11. The Morgan fingerprint density at radius 1 is 1.03 bits per heavy atom. The van der Waals surface area contributed by atoms with Crippen molar-refractivity contribution in [1.29, 1.82) is 0 Å². The molecule has 2 N–H and O–H groups in total. The van der Waals surface area contributed by atoms with Crippen LogP contribution in [0.1, 0.15) is 29.7 Å². The van der Waals surface area contributed by atoms with E-state index in [-0.39, 0.29) is 30.0 Å². The van der Waals surface area contributed by atoms with Gasteiger partial charge in [0.2, 0.25) is 0 Å². The summed E-state index contributed by atoms with van der Waals surface area (Å²) < 4.78 is 16.3. The molecule has 0 radical (unpaired) electrons. The Morgan fingerprint density at radius 3 is 2.36 bits per heavy atom. The summed E-state index contributed by atoms with van der Waals surface area (Å²) in [6.07, 6.45) is 0. The van der Waals surface area contributed by atoms with Gasteiger partial charge >= 0.3 is 0 Å². The van der Waals surface area contributed by atoms with E-state index < -0.39 is 0 Å². The van der Waals surface area contributed by atoms with Crippen LogP contribution in [0.5, 0.6) is 11.5 Å². The molecule has 0 fully saturated rings. The topological polar surface area (TPSA) is 67.4 Å². The van der Waals surface area contributed by atoms with Gasteiger partial charge in [0.15, 0.2) is 5.96 Å². The molecular weight excluding hydrogens is 531 g/mol. The lowest BCUT2D eigenvalue weighted by Gasteiger charge is -2.26. The van der Waals surface area contributed by atoms with E-state index in [2.05, 4.69) is 67.7 Å². The average Bonchev–Trinajstić information content (AvgIpc) is 2.78. The minimum Gasteiger partial charge on any atom is -0.497 e. The fourth-order valence-electron chi connectivity index (χ4n) is 3.29. The van der Waals surface area contributed by atoms with Gasteiger partial charge < -0.3 is 29.7 Å². The zero-order valence-corrected chi connectivity index (χ0v) is 23.0. The lowest BCUT2D eigenvalue weighted by atomic mass is 10.1. The largest absolute Gasteiger partial charge is 0.497 e. The van der Waals surface area contributed by atoms with E-state index in [0.29, 0.717) is 19.8 Å². The molecule has 0 heterocycles. The van der Waals surface area contributed by atoms with Crippen LogP contribution in [0.25, 0.3) is 0 Å². The Labute approximate surface area is 215 Å². The Morgan fingerprint density at radius 2 is 1.76 bits per heavy atom. The third-order valence-corrected chi connectivity index (χ3v) is 5.11. The molecule has 33 heavy (non-hydrogen) atoms. The molecule has 1 atom stereocenters. The van der Waals surface area contributed by atoms with Gasteiger partial charge in [0.05, 0.1) is 26.3 Å². The van der Waals surface area contributed by atoms with Crippen molar-refractivity contribution in [2.75, 3.05) is 54.6 Å². The first-order chi connectivity index (χ1) is 15.5. The fraction of sp³-hybridized carbons (Fsp3) is 0.480. The minimum atomic E-state index is 0. The van der Waals surface area contributed by atoms with E-state index >= 15 is 0 Å². The molecule has 0 bridgehead atoms. The lowest BCUT2D eigenvalue weighted by molar-refractivity contribution is 0.145. The molecule has 8 heteroatoms. The van der Waals surface area contributed by atoms with Gasteiger partial charge in [0, 0.05) is 25.8 Å². The number of nitrogens with zero attached hydrogens (tertiary/aromatic N) is 2. The summed E-state index contributed by atoms with van der Waals surface area (Å²) in [5.41, 5.74) is 3.42. The van der Waals surface area contributed by atoms with Gasteiger partial charge in [-0.25, -0.2) is 4.99 Å². The van der Waals surface area contributed by atoms with Gasteiger partial charge in [-0.1, -0.05) is 24.3 Å². The zero-order valence-electron chi connectivity index (χ0n) is 20.7. The minimum absolute atomic E-state index is 0. The molecule has 0 amide bonds. The van der Waals surface area contributed by atoms with E-state index in [9.17, 15) is 0 Å². The highest BCUT2D eigenvalue weighted by Gasteiger charge is 2.15. The monoisotopic (exact) mass is 570 g/mol. The second-order valence-corrected chi connectivity index (χ2v) is 7.78. The van der Waals surface area contributed by atoms with E-state index in [1.54, 1.807) is 14.2 Å². The fourth-order valence-corrected chi connectivity index (χ4v) is 3.29. The van der Waals surface area contributed by atoms with Crippen molar-refractivity contribution in [3.05, 3.63) is 59.2 Å². The first-order valence-corrected chi connectivity index (χ1v) is 11.0. The van der Waals surface area contributed by atoms with Crippen LogP contribution < -0.4 is 20.1 Å². The van der Waals surface area contributed by atoms with E-state index in [1.807, 2.05) is 18.2 Å². The van der Waals surface area contributed by atoms with Crippen molar-refractivity contribution in [2.45, 2.75) is 26.4 Å². The van der Waals surface area contributed by atoms with Crippen LogP contribution in [-0.2, 0) is 11.3 Å². The Balaban J connectivity index is 0.00000544. The maximum absolute atomic E-state index is 5.91. The number of hydrogen-bond acceptors (Lipinski definition) is 5. The highest BCUT2D eigenvalue weighted by molar-refractivity contribution is 14.0. The van der Waals surface area contributed by atoms with Gasteiger partial charge in [-0.15, -0.1) is 24.0 Å². The highest BCUT2D eigenvalue weighted by Crippen LogP contribution is 2.22. The van der Waals surface area contributed by atoms with E-state index in [1.165, 1.54) is 5.56 Å². The molecule has 0 spiro atoms. The predicted molar refractivity (Wildman–Crippen MR) is 146 cm³/mol. The first-order valence-electron chi connectivity index (χ1n) is 11.0. The van der Waals surface area contributed by atoms with Crippen molar-refractivity contribution in [1.82, 2.24) is 15.5 Å². The number of benzene rings is 2. The Hall–Kier alpha value is -2.04. The second kappa shape index (κ2) is 15.7. The molecule has 1 unspecified atom stereocenters. The summed E-state index contributed by atoms with van der Waals surface area (Å²) in [4.78, 5) is 6.99. The predicted octanol–water partition coefficient (Wildman–Crippen LogP) is 4.00. The molecule has 7 nitrogen and oxygen atoms in total. The van der Waals surface area contributed by atoms with Crippen molar-refractivity contribution in [2.24, 2.45) is 4.99 Å². The molecule has 0 saturated carbocycles. The van der Waals surface area contributed by atoms with Crippen LogP contribution in [-0.4, -0.2) is 65.5 Å². The molecule has 2 aromatic carbocycles. The van der Waals surface area contributed by atoms with Gasteiger partial charge in [0.1, 0.15) is 18.1 Å². The molecule has 2 aromatic rings. The van der Waals surface area contributed by atoms with Crippen LogP contribution in [0.2, 0.25) is 0 Å². The zero-order chi connectivity index (χ0) is 23.3. The van der Waals surface area contributed by atoms with Gasteiger partial charge in [-0.2, -0.15) is 0 Å². The second-order valence-electron chi connectivity index (χ2n) is 7.78. The normalized spacial score (nSPS) is 12.2. The number of hydrogen-bond donors (Lipinski definition) is 2.